The molecule has 0 aliphatic carbocycles. The Balaban J connectivity index is 1.73. The maximum absolute atomic E-state index is 14.4. The number of amides is 2. The average molecular weight is 519 g/mol. The van der Waals surface area contributed by atoms with E-state index in [0.29, 0.717) is 19.5 Å². The molecule has 0 bridgehead atoms. The number of nitrogens with zero attached hydrogens (tertiary/aromatic N) is 1. The lowest BCUT2D eigenvalue weighted by molar-refractivity contribution is -0.141. The summed E-state index contributed by atoms with van der Waals surface area (Å²) in [5, 5.41) is 3.07. The van der Waals surface area contributed by atoms with Crippen molar-refractivity contribution < 1.29 is 9.59 Å². The molecule has 200 valence electrons. The van der Waals surface area contributed by atoms with Gasteiger partial charge in [-0.3, -0.25) is 9.59 Å². The van der Waals surface area contributed by atoms with Crippen LogP contribution in [0, 0.1) is 6.92 Å². The highest BCUT2D eigenvalue weighted by molar-refractivity contribution is 5.88. The second-order valence-electron chi connectivity index (χ2n) is 10.0. The third-order valence-corrected chi connectivity index (χ3v) is 7.20. The van der Waals surface area contributed by atoms with Crippen LogP contribution in [0.15, 0.2) is 115 Å². The van der Waals surface area contributed by atoms with Gasteiger partial charge >= 0.3 is 0 Å². The van der Waals surface area contributed by atoms with Crippen molar-refractivity contribution in [3.8, 4) is 0 Å². The summed E-state index contributed by atoms with van der Waals surface area (Å²) in [6, 6.07) is 37.8. The Hall–Kier alpha value is -4.18. The zero-order chi connectivity index (χ0) is 27.5. The van der Waals surface area contributed by atoms with E-state index in [1.54, 1.807) is 4.90 Å². The Morgan fingerprint density at radius 3 is 1.85 bits per heavy atom. The molecule has 0 unspecified atom stereocenters. The van der Waals surface area contributed by atoms with Crippen molar-refractivity contribution in [2.75, 3.05) is 6.54 Å². The highest BCUT2D eigenvalue weighted by Gasteiger charge is 2.32. The monoisotopic (exact) mass is 518 g/mol. The largest absolute Gasteiger partial charge is 0.354 e. The summed E-state index contributed by atoms with van der Waals surface area (Å²) in [6.45, 7) is 5.04. The lowest BCUT2D eigenvalue weighted by Gasteiger charge is -2.33. The topological polar surface area (TPSA) is 49.4 Å². The van der Waals surface area contributed by atoms with E-state index in [-0.39, 0.29) is 24.2 Å². The molecule has 1 N–H and O–H groups in total. The number of benzene rings is 4. The van der Waals surface area contributed by atoms with Gasteiger partial charge in [0.15, 0.2) is 0 Å². The van der Waals surface area contributed by atoms with E-state index < -0.39 is 6.04 Å². The number of hydrogen-bond acceptors (Lipinski definition) is 2. The van der Waals surface area contributed by atoms with Gasteiger partial charge in [0.25, 0.3) is 0 Å². The van der Waals surface area contributed by atoms with Crippen LogP contribution >= 0.6 is 0 Å². The third kappa shape index (κ3) is 7.67. The van der Waals surface area contributed by atoms with E-state index in [0.717, 1.165) is 34.2 Å². The van der Waals surface area contributed by atoms with Crippen molar-refractivity contribution in [1.82, 2.24) is 10.2 Å². The molecule has 1 atom stereocenters. The first kappa shape index (κ1) is 27.8. The second kappa shape index (κ2) is 14.1. The van der Waals surface area contributed by atoms with Gasteiger partial charge in [0.2, 0.25) is 11.8 Å². The summed E-state index contributed by atoms with van der Waals surface area (Å²) in [5.41, 5.74) is 5.35. The van der Waals surface area contributed by atoms with Crippen molar-refractivity contribution in [3.63, 3.8) is 0 Å². The number of carbonyl (C=O) groups is 2. The van der Waals surface area contributed by atoms with Gasteiger partial charge < -0.3 is 10.2 Å². The zero-order valence-corrected chi connectivity index (χ0v) is 22.9. The summed E-state index contributed by atoms with van der Waals surface area (Å²) in [4.78, 5) is 29.8. The van der Waals surface area contributed by atoms with Gasteiger partial charge in [-0.05, 0) is 41.2 Å². The summed E-state index contributed by atoms with van der Waals surface area (Å²) in [7, 11) is 0. The molecule has 2 amide bonds. The molecule has 4 aromatic rings. The van der Waals surface area contributed by atoms with Gasteiger partial charge in [-0.1, -0.05) is 122 Å². The number of carbonyl (C=O) groups excluding carboxylic acids is 2. The lowest BCUT2D eigenvalue weighted by atomic mass is 9.87. The molecule has 0 fully saturated rings. The molecule has 0 saturated carbocycles. The third-order valence-electron chi connectivity index (χ3n) is 7.20. The van der Waals surface area contributed by atoms with Crippen LogP contribution < -0.4 is 5.32 Å². The normalized spacial score (nSPS) is 11.7. The van der Waals surface area contributed by atoms with Gasteiger partial charge in [-0.2, -0.15) is 0 Å². The average Bonchev–Trinajstić information content (AvgIpc) is 2.98. The van der Waals surface area contributed by atoms with Crippen molar-refractivity contribution >= 4 is 11.8 Å². The summed E-state index contributed by atoms with van der Waals surface area (Å²) in [6.07, 6.45) is 1.56. The fourth-order valence-corrected chi connectivity index (χ4v) is 4.98. The minimum absolute atomic E-state index is 0.0384. The number of hydrogen-bond donors (Lipinski definition) is 1. The molecule has 4 rings (SSSR count). The SMILES string of the molecule is CCCNC(=O)[C@@H](Cc1ccccc1)N(Cc1ccccc1C)C(=O)CC(c1ccccc1)c1ccccc1. The van der Waals surface area contributed by atoms with Crippen LogP contribution in [0.4, 0.5) is 0 Å². The van der Waals surface area contributed by atoms with E-state index in [4.69, 9.17) is 0 Å². The molecule has 4 aromatic carbocycles. The van der Waals surface area contributed by atoms with Crippen LogP contribution in [0.5, 0.6) is 0 Å². The predicted octanol–water partition coefficient (Wildman–Crippen LogP) is 6.68. The highest BCUT2D eigenvalue weighted by Crippen LogP contribution is 2.30. The van der Waals surface area contributed by atoms with Crippen LogP contribution in [0.3, 0.4) is 0 Å². The van der Waals surface area contributed by atoms with Crippen molar-refractivity contribution in [3.05, 3.63) is 143 Å². The molecule has 0 radical (unpaired) electrons. The molecule has 0 aliphatic rings. The molecule has 0 aromatic heterocycles. The molecule has 0 aliphatic heterocycles. The molecule has 0 saturated heterocycles. The standard InChI is InChI=1S/C35H38N2O2/c1-3-23-36-35(39)33(24-28-16-7-4-8-17-28)37(26-31-22-14-13-15-27(31)2)34(38)25-32(29-18-9-5-10-19-29)30-20-11-6-12-21-30/h4-22,32-33H,3,23-26H2,1-2H3,(H,36,39)/t33-/m1/s1. The molecule has 0 spiro atoms. The summed E-state index contributed by atoms with van der Waals surface area (Å²) >= 11 is 0. The number of aryl methyl sites for hydroxylation is 1. The van der Waals surface area contributed by atoms with Crippen molar-refractivity contribution in [2.45, 2.75) is 51.6 Å². The van der Waals surface area contributed by atoms with Gasteiger partial charge in [0.1, 0.15) is 6.04 Å². The Kier molecular flexibility index (Phi) is 10.1. The van der Waals surface area contributed by atoms with E-state index in [9.17, 15) is 9.59 Å². The maximum atomic E-state index is 14.4. The Morgan fingerprint density at radius 1 is 0.744 bits per heavy atom. The zero-order valence-electron chi connectivity index (χ0n) is 22.9. The molecule has 0 heterocycles. The maximum Gasteiger partial charge on any atom is 0.243 e. The van der Waals surface area contributed by atoms with E-state index in [1.165, 1.54) is 0 Å². The van der Waals surface area contributed by atoms with Gasteiger partial charge in [-0.25, -0.2) is 0 Å². The summed E-state index contributed by atoms with van der Waals surface area (Å²) in [5.74, 6) is -0.266. The van der Waals surface area contributed by atoms with Crippen molar-refractivity contribution in [1.29, 1.82) is 0 Å². The number of rotatable bonds is 12. The second-order valence-corrected chi connectivity index (χ2v) is 10.0. The minimum atomic E-state index is -0.627. The van der Waals surface area contributed by atoms with Crippen LogP contribution in [0.25, 0.3) is 0 Å². The Labute approximate surface area is 232 Å². The molecule has 4 nitrogen and oxygen atoms in total. The van der Waals surface area contributed by atoms with Gasteiger partial charge in [-0.15, -0.1) is 0 Å². The van der Waals surface area contributed by atoms with Crippen LogP contribution in [-0.4, -0.2) is 29.3 Å². The predicted molar refractivity (Wildman–Crippen MR) is 158 cm³/mol. The van der Waals surface area contributed by atoms with Crippen LogP contribution in [-0.2, 0) is 22.6 Å². The fourth-order valence-electron chi connectivity index (χ4n) is 4.98. The first-order valence-corrected chi connectivity index (χ1v) is 13.8. The van der Waals surface area contributed by atoms with E-state index >= 15 is 0 Å². The summed E-state index contributed by atoms with van der Waals surface area (Å²) < 4.78 is 0. The fraction of sp³-hybridized carbons (Fsp3) is 0.257. The van der Waals surface area contributed by atoms with Gasteiger partial charge in [0.05, 0.1) is 0 Å². The Morgan fingerprint density at radius 2 is 1.28 bits per heavy atom. The molecular weight excluding hydrogens is 480 g/mol. The number of nitrogens with one attached hydrogen (secondary N) is 1. The van der Waals surface area contributed by atoms with Gasteiger partial charge in [0, 0.05) is 31.8 Å². The quantitative estimate of drug-likeness (QED) is 0.227. The first-order valence-electron chi connectivity index (χ1n) is 13.8. The highest BCUT2D eigenvalue weighted by atomic mass is 16.2. The van der Waals surface area contributed by atoms with Crippen LogP contribution in [0.2, 0.25) is 0 Å². The molecule has 4 heteroatoms. The first-order chi connectivity index (χ1) is 19.1. The minimum Gasteiger partial charge on any atom is -0.354 e. The smallest absolute Gasteiger partial charge is 0.243 e. The van der Waals surface area contributed by atoms with E-state index in [1.807, 2.05) is 91.9 Å². The Bertz CT molecular complexity index is 1280. The molecule has 39 heavy (non-hydrogen) atoms. The van der Waals surface area contributed by atoms with E-state index in [2.05, 4.69) is 42.6 Å². The van der Waals surface area contributed by atoms with Crippen LogP contribution in [0.1, 0.15) is 53.5 Å². The lowest BCUT2D eigenvalue weighted by Crippen LogP contribution is -2.51. The van der Waals surface area contributed by atoms with Crippen molar-refractivity contribution in [2.24, 2.45) is 0 Å². The molecular formula is C35H38N2O2.